The highest BCUT2D eigenvalue weighted by molar-refractivity contribution is 5.95. The maximum absolute atomic E-state index is 12.7. The molecular formula is C19H24N2O4. The van der Waals surface area contributed by atoms with E-state index in [0.717, 1.165) is 32.1 Å². The number of hydrogen-bond acceptors (Lipinski definition) is 4. The van der Waals surface area contributed by atoms with Gasteiger partial charge in [0.05, 0.1) is 5.41 Å². The first-order valence-corrected chi connectivity index (χ1v) is 9.19. The van der Waals surface area contributed by atoms with Crippen LogP contribution in [0.15, 0.2) is 18.3 Å². The zero-order valence-electron chi connectivity index (χ0n) is 14.3. The van der Waals surface area contributed by atoms with Crippen LogP contribution in [0.1, 0.15) is 68.1 Å². The smallest absolute Gasteiger partial charge is 0.309 e. The van der Waals surface area contributed by atoms with Gasteiger partial charge >= 0.3 is 5.97 Å². The normalized spacial score (nSPS) is 31.2. The summed E-state index contributed by atoms with van der Waals surface area (Å²) in [6.07, 6.45) is 9.27. The molecule has 2 bridgehead atoms. The van der Waals surface area contributed by atoms with Crippen LogP contribution in [0.2, 0.25) is 0 Å². The SMILES string of the molecule is O=C(NC12CCC(C(=O)O)(CC1)CC2)c1ccnc(OC2CCC2)c1. The van der Waals surface area contributed by atoms with Crippen molar-refractivity contribution in [3.05, 3.63) is 23.9 Å². The Balaban J connectivity index is 1.42. The average Bonchev–Trinajstić information content (AvgIpc) is 2.60. The summed E-state index contributed by atoms with van der Waals surface area (Å²) in [7, 11) is 0. The van der Waals surface area contributed by atoms with Crippen LogP contribution in [-0.4, -0.2) is 33.6 Å². The highest BCUT2D eigenvalue weighted by atomic mass is 16.5. The fourth-order valence-corrected chi connectivity index (χ4v) is 4.28. The van der Waals surface area contributed by atoms with Crippen LogP contribution in [0.3, 0.4) is 0 Å². The minimum atomic E-state index is -0.681. The van der Waals surface area contributed by atoms with E-state index in [2.05, 4.69) is 10.3 Å². The molecule has 0 spiro atoms. The summed E-state index contributed by atoms with van der Waals surface area (Å²) in [5.74, 6) is -0.295. The summed E-state index contributed by atoms with van der Waals surface area (Å²) in [6, 6.07) is 3.41. The first kappa shape index (κ1) is 16.4. The molecule has 4 fully saturated rings. The Morgan fingerprint density at radius 1 is 1.16 bits per heavy atom. The number of carboxylic acid groups (broad SMARTS) is 1. The van der Waals surface area contributed by atoms with Gasteiger partial charge in [-0.25, -0.2) is 4.98 Å². The predicted molar refractivity (Wildman–Crippen MR) is 90.5 cm³/mol. The van der Waals surface area contributed by atoms with Gasteiger partial charge < -0.3 is 15.2 Å². The number of carbonyl (C=O) groups is 2. The molecule has 4 aliphatic rings. The van der Waals surface area contributed by atoms with Crippen LogP contribution in [0.4, 0.5) is 0 Å². The highest BCUT2D eigenvalue weighted by Crippen LogP contribution is 2.52. The molecule has 6 nitrogen and oxygen atoms in total. The van der Waals surface area contributed by atoms with E-state index >= 15 is 0 Å². The number of fused-ring (bicyclic) bond motifs is 3. The van der Waals surface area contributed by atoms with Gasteiger partial charge in [-0.3, -0.25) is 9.59 Å². The molecule has 0 radical (unpaired) electrons. The monoisotopic (exact) mass is 344 g/mol. The Hall–Kier alpha value is -2.11. The summed E-state index contributed by atoms with van der Waals surface area (Å²) < 4.78 is 5.77. The largest absolute Gasteiger partial charge is 0.481 e. The topological polar surface area (TPSA) is 88.5 Å². The van der Waals surface area contributed by atoms with Crippen molar-refractivity contribution in [1.29, 1.82) is 0 Å². The third-order valence-electron chi connectivity index (χ3n) is 6.42. The van der Waals surface area contributed by atoms with Gasteiger partial charge in [-0.2, -0.15) is 0 Å². The Bertz CT molecular complexity index is 674. The lowest BCUT2D eigenvalue weighted by Crippen LogP contribution is -2.58. The number of rotatable bonds is 5. The lowest BCUT2D eigenvalue weighted by atomic mass is 9.57. The summed E-state index contributed by atoms with van der Waals surface area (Å²) in [4.78, 5) is 28.4. The number of nitrogens with zero attached hydrogens (tertiary/aromatic N) is 1. The molecule has 1 aromatic heterocycles. The summed E-state index contributed by atoms with van der Waals surface area (Å²) in [5, 5.41) is 12.7. The Morgan fingerprint density at radius 3 is 2.40 bits per heavy atom. The third-order valence-corrected chi connectivity index (χ3v) is 6.42. The van der Waals surface area contributed by atoms with E-state index in [-0.39, 0.29) is 17.6 Å². The molecule has 4 saturated carbocycles. The quantitative estimate of drug-likeness (QED) is 0.857. The van der Waals surface area contributed by atoms with Gasteiger partial charge in [0, 0.05) is 23.4 Å². The minimum Gasteiger partial charge on any atom is -0.481 e. The van der Waals surface area contributed by atoms with E-state index in [0.29, 0.717) is 30.7 Å². The summed E-state index contributed by atoms with van der Waals surface area (Å²) in [6.45, 7) is 0. The molecule has 134 valence electrons. The van der Waals surface area contributed by atoms with Crippen molar-refractivity contribution in [2.45, 2.75) is 69.4 Å². The molecular weight excluding hydrogens is 320 g/mol. The first-order chi connectivity index (χ1) is 12.0. The molecule has 4 aliphatic carbocycles. The number of aliphatic carboxylic acids is 1. The predicted octanol–water partition coefficient (Wildman–Crippen LogP) is 2.92. The van der Waals surface area contributed by atoms with Crippen LogP contribution < -0.4 is 10.1 Å². The molecule has 0 aromatic carbocycles. The van der Waals surface area contributed by atoms with Crippen LogP contribution in [0, 0.1) is 5.41 Å². The molecule has 0 aliphatic heterocycles. The number of carbonyl (C=O) groups excluding carboxylic acids is 1. The lowest BCUT2D eigenvalue weighted by molar-refractivity contribution is -0.156. The zero-order chi connectivity index (χ0) is 17.5. The van der Waals surface area contributed by atoms with E-state index in [1.807, 2.05) is 0 Å². The Kier molecular flexibility index (Phi) is 3.93. The number of hydrogen-bond donors (Lipinski definition) is 2. The van der Waals surface area contributed by atoms with E-state index in [9.17, 15) is 14.7 Å². The molecule has 0 unspecified atom stereocenters. The van der Waals surface area contributed by atoms with E-state index in [1.165, 1.54) is 6.42 Å². The van der Waals surface area contributed by atoms with E-state index in [1.54, 1.807) is 18.3 Å². The van der Waals surface area contributed by atoms with Crippen molar-refractivity contribution < 1.29 is 19.4 Å². The third kappa shape index (κ3) is 2.98. The zero-order valence-corrected chi connectivity index (χ0v) is 14.3. The van der Waals surface area contributed by atoms with Gasteiger partial charge in [0.15, 0.2) is 0 Å². The molecule has 6 heteroatoms. The van der Waals surface area contributed by atoms with Crippen molar-refractivity contribution in [1.82, 2.24) is 10.3 Å². The van der Waals surface area contributed by atoms with Crippen molar-refractivity contribution in [2.24, 2.45) is 5.41 Å². The molecule has 25 heavy (non-hydrogen) atoms. The number of ether oxygens (including phenoxy) is 1. The molecule has 1 heterocycles. The number of amides is 1. The molecule has 1 aromatic rings. The molecule has 1 amide bonds. The number of aromatic nitrogens is 1. The van der Waals surface area contributed by atoms with Gasteiger partial charge in [-0.05, 0) is 63.9 Å². The second kappa shape index (κ2) is 6.00. The first-order valence-electron chi connectivity index (χ1n) is 9.19. The van der Waals surface area contributed by atoms with Crippen molar-refractivity contribution in [3.63, 3.8) is 0 Å². The van der Waals surface area contributed by atoms with Crippen LogP contribution in [0.5, 0.6) is 5.88 Å². The van der Waals surface area contributed by atoms with Crippen LogP contribution in [0.25, 0.3) is 0 Å². The minimum absolute atomic E-state index is 0.120. The van der Waals surface area contributed by atoms with Crippen LogP contribution >= 0.6 is 0 Å². The number of nitrogens with one attached hydrogen (secondary N) is 1. The highest BCUT2D eigenvalue weighted by Gasteiger charge is 2.53. The second-order valence-electron chi connectivity index (χ2n) is 7.87. The Labute approximate surface area is 147 Å². The van der Waals surface area contributed by atoms with E-state index < -0.39 is 11.4 Å². The molecule has 2 N–H and O–H groups in total. The Morgan fingerprint density at radius 2 is 1.84 bits per heavy atom. The van der Waals surface area contributed by atoms with Gasteiger partial charge in [0.2, 0.25) is 5.88 Å². The van der Waals surface area contributed by atoms with Crippen LogP contribution in [-0.2, 0) is 4.79 Å². The summed E-state index contributed by atoms with van der Waals surface area (Å²) >= 11 is 0. The fourth-order valence-electron chi connectivity index (χ4n) is 4.28. The lowest BCUT2D eigenvalue weighted by Gasteiger charge is -2.51. The maximum atomic E-state index is 12.7. The second-order valence-corrected chi connectivity index (χ2v) is 7.87. The van der Waals surface area contributed by atoms with Crippen molar-refractivity contribution in [3.8, 4) is 5.88 Å². The van der Waals surface area contributed by atoms with Gasteiger partial charge in [-0.1, -0.05) is 0 Å². The van der Waals surface area contributed by atoms with Gasteiger partial charge in [0.25, 0.3) is 5.91 Å². The van der Waals surface area contributed by atoms with Gasteiger partial charge in [-0.15, -0.1) is 0 Å². The maximum Gasteiger partial charge on any atom is 0.309 e. The number of pyridine rings is 1. The van der Waals surface area contributed by atoms with Crippen molar-refractivity contribution >= 4 is 11.9 Å². The van der Waals surface area contributed by atoms with Gasteiger partial charge in [0.1, 0.15) is 6.10 Å². The average molecular weight is 344 g/mol. The standard InChI is InChI=1S/C19H24N2O4/c22-16(13-4-11-20-15(12-13)25-14-2-1-3-14)21-19-8-5-18(6-9-19,7-10-19)17(23)24/h4,11-12,14H,1-3,5-10H2,(H,21,22)(H,23,24). The van der Waals surface area contributed by atoms with E-state index in [4.69, 9.17) is 4.74 Å². The molecule has 0 saturated heterocycles. The number of carboxylic acids is 1. The fraction of sp³-hybridized carbons (Fsp3) is 0.632. The summed E-state index contributed by atoms with van der Waals surface area (Å²) in [5.41, 5.74) is -0.265. The van der Waals surface area contributed by atoms with Crippen molar-refractivity contribution in [2.75, 3.05) is 0 Å². The molecule has 0 atom stereocenters. The molecule has 5 rings (SSSR count).